The predicted molar refractivity (Wildman–Crippen MR) is 109 cm³/mol. The quantitative estimate of drug-likeness (QED) is 0.635. The molecule has 3 rings (SSSR count). The molecule has 0 aliphatic rings. The van der Waals surface area contributed by atoms with Gasteiger partial charge in [0.2, 0.25) is 5.91 Å². The SMILES string of the molecule is CC(C)CCC(=O)NCc1ccccc1-c1ccc(Cn2cccn2)cc1. The van der Waals surface area contributed by atoms with E-state index >= 15 is 0 Å². The maximum atomic E-state index is 12.0. The molecule has 27 heavy (non-hydrogen) atoms. The van der Waals surface area contributed by atoms with Crippen molar-refractivity contribution in [1.29, 1.82) is 0 Å². The maximum absolute atomic E-state index is 12.0. The largest absolute Gasteiger partial charge is 0.352 e. The summed E-state index contributed by atoms with van der Waals surface area (Å²) in [4.78, 5) is 12.0. The monoisotopic (exact) mass is 361 g/mol. The van der Waals surface area contributed by atoms with E-state index in [0.717, 1.165) is 29.7 Å². The zero-order valence-corrected chi connectivity index (χ0v) is 16.1. The Bertz CT molecular complexity index is 852. The molecular formula is C23H27N3O. The van der Waals surface area contributed by atoms with Crippen LogP contribution in [0.4, 0.5) is 0 Å². The van der Waals surface area contributed by atoms with Crippen LogP contribution in [0.25, 0.3) is 11.1 Å². The third kappa shape index (κ3) is 5.55. The molecule has 1 N–H and O–H groups in total. The Morgan fingerprint density at radius 2 is 1.85 bits per heavy atom. The zero-order valence-electron chi connectivity index (χ0n) is 16.1. The van der Waals surface area contributed by atoms with E-state index < -0.39 is 0 Å². The molecule has 1 aromatic heterocycles. The summed E-state index contributed by atoms with van der Waals surface area (Å²) >= 11 is 0. The molecule has 0 bridgehead atoms. The minimum Gasteiger partial charge on any atom is -0.352 e. The second kappa shape index (κ2) is 9.17. The van der Waals surface area contributed by atoms with Gasteiger partial charge in [0.15, 0.2) is 0 Å². The van der Waals surface area contributed by atoms with Gasteiger partial charge in [-0.15, -0.1) is 0 Å². The maximum Gasteiger partial charge on any atom is 0.220 e. The van der Waals surface area contributed by atoms with Gasteiger partial charge in [-0.05, 0) is 40.7 Å². The van der Waals surface area contributed by atoms with E-state index in [1.165, 1.54) is 5.56 Å². The van der Waals surface area contributed by atoms with Gasteiger partial charge in [-0.25, -0.2) is 0 Å². The van der Waals surface area contributed by atoms with Gasteiger partial charge in [0, 0.05) is 25.4 Å². The average Bonchev–Trinajstić information content (AvgIpc) is 3.18. The van der Waals surface area contributed by atoms with Crippen molar-refractivity contribution >= 4 is 5.91 Å². The molecule has 0 aliphatic carbocycles. The number of benzene rings is 2. The highest BCUT2D eigenvalue weighted by molar-refractivity contribution is 5.76. The summed E-state index contributed by atoms with van der Waals surface area (Å²) in [7, 11) is 0. The lowest BCUT2D eigenvalue weighted by Crippen LogP contribution is -2.23. The van der Waals surface area contributed by atoms with E-state index in [4.69, 9.17) is 0 Å². The Morgan fingerprint density at radius 1 is 1.07 bits per heavy atom. The van der Waals surface area contributed by atoms with Crippen molar-refractivity contribution in [3.05, 3.63) is 78.1 Å². The van der Waals surface area contributed by atoms with Crippen LogP contribution in [0.1, 0.15) is 37.8 Å². The first kappa shape index (κ1) is 18.9. The Balaban J connectivity index is 1.67. The van der Waals surface area contributed by atoms with Crippen LogP contribution in [0.3, 0.4) is 0 Å². The second-order valence-electron chi connectivity index (χ2n) is 7.27. The first-order valence-electron chi connectivity index (χ1n) is 9.53. The minimum atomic E-state index is 0.119. The number of carbonyl (C=O) groups is 1. The molecule has 1 amide bonds. The topological polar surface area (TPSA) is 46.9 Å². The van der Waals surface area contributed by atoms with Gasteiger partial charge in [-0.2, -0.15) is 5.10 Å². The fraction of sp³-hybridized carbons (Fsp3) is 0.304. The summed E-state index contributed by atoms with van der Waals surface area (Å²) in [5, 5.41) is 7.30. The summed E-state index contributed by atoms with van der Waals surface area (Å²) in [5.74, 6) is 0.663. The van der Waals surface area contributed by atoms with Crippen molar-refractivity contribution < 1.29 is 4.79 Å². The van der Waals surface area contributed by atoms with Crippen LogP contribution in [-0.2, 0) is 17.9 Å². The Hall–Kier alpha value is -2.88. The van der Waals surface area contributed by atoms with Crippen LogP contribution in [0.5, 0.6) is 0 Å². The molecule has 0 radical (unpaired) electrons. The highest BCUT2D eigenvalue weighted by Gasteiger charge is 2.08. The van der Waals surface area contributed by atoms with E-state index in [1.807, 2.05) is 29.1 Å². The van der Waals surface area contributed by atoms with E-state index in [-0.39, 0.29) is 5.91 Å². The number of nitrogens with one attached hydrogen (secondary N) is 1. The van der Waals surface area contributed by atoms with Crippen molar-refractivity contribution in [2.24, 2.45) is 5.92 Å². The van der Waals surface area contributed by atoms with Crippen LogP contribution >= 0.6 is 0 Å². The molecule has 140 valence electrons. The number of nitrogens with zero attached hydrogens (tertiary/aromatic N) is 2. The fourth-order valence-electron chi connectivity index (χ4n) is 3.03. The van der Waals surface area contributed by atoms with Crippen LogP contribution < -0.4 is 5.32 Å². The lowest BCUT2D eigenvalue weighted by Gasteiger charge is -2.12. The molecule has 0 saturated heterocycles. The van der Waals surface area contributed by atoms with Crippen LogP contribution in [0.15, 0.2) is 67.0 Å². The van der Waals surface area contributed by atoms with Crippen molar-refractivity contribution in [2.45, 2.75) is 39.8 Å². The molecule has 0 atom stereocenters. The number of hydrogen-bond acceptors (Lipinski definition) is 2. The van der Waals surface area contributed by atoms with Crippen molar-refractivity contribution in [3.63, 3.8) is 0 Å². The molecule has 2 aromatic carbocycles. The summed E-state index contributed by atoms with van der Waals surface area (Å²) in [6.07, 6.45) is 5.26. The molecule has 1 heterocycles. The Morgan fingerprint density at radius 3 is 2.56 bits per heavy atom. The third-order valence-electron chi connectivity index (χ3n) is 4.61. The summed E-state index contributed by atoms with van der Waals surface area (Å²) in [5.41, 5.74) is 4.66. The summed E-state index contributed by atoms with van der Waals surface area (Å²) < 4.78 is 1.91. The van der Waals surface area contributed by atoms with E-state index in [1.54, 1.807) is 6.20 Å². The average molecular weight is 361 g/mol. The normalized spacial score (nSPS) is 10.9. The molecular weight excluding hydrogens is 334 g/mol. The first-order valence-corrected chi connectivity index (χ1v) is 9.53. The van der Waals surface area contributed by atoms with Crippen molar-refractivity contribution in [3.8, 4) is 11.1 Å². The minimum absolute atomic E-state index is 0.119. The Kier molecular flexibility index (Phi) is 6.42. The Labute approximate surface area is 161 Å². The van der Waals surface area contributed by atoms with Crippen molar-refractivity contribution in [1.82, 2.24) is 15.1 Å². The van der Waals surface area contributed by atoms with E-state index in [0.29, 0.717) is 18.9 Å². The molecule has 0 unspecified atom stereocenters. The van der Waals surface area contributed by atoms with Gasteiger partial charge in [0.05, 0.1) is 6.54 Å². The molecule has 4 heteroatoms. The molecule has 4 nitrogen and oxygen atoms in total. The number of hydrogen-bond donors (Lipinski definition) is 1. The molecule has 0 saturated carbocycles. The number of amides is 1. The number of rotatable bonds is 8. The lowest BCUT2D eigenvalue weighted by molar-refractivity contribution is -0.121. The van der Waals surface area contributed by atoms with Crippen molar-refractivity contribution in [2.75, 3.05) is 0 Å². The van der Waals surface area contributed by atoms with E-state index in [2.05, 4.69) is 60.7 Å². The zero-order chi connectivity index (χ0) is 19.1. The standard InChI is InChI=1S/C23H27N3O/c1-18(2)8-13-23(27)24-16-21-6-3-4-7-22(21)20-11-9-19(10-12-20)17-26-15-5-14-25-26/h3-7,9-12,14-15,18H,8,13,16-17H2,1-2H3,(H,24,27). The molecule has 0 fully saturated rings. The molecule has 0 aliphatic heterocycles. The number of carbonyl (C=O) groups excluding carboxylic acids is 1. The lowest BCUT2D eigenvalue weighted by atomic mass is 9.98. The van der Waals surface area contributed by atoms with Gasteiger partial charge in [0.1, 0.15) is 0 Å². The second-order valence-corrected chi connectivity index (χ2v) is 7.27. The van der Waals surface area contributed by atoms with Gasteiger partial charge < -0.3 is 5.32 Å². The van der Waals surface area contributed by atoms with Gasteiger partial charge in [0.25, 0.3) is 0 Å². The fourth-order valence-corrected chi connectivity index (χ4v) is 3.03. The van der Waals surface area contributed by atoms with Crippen LogP contribution in [0, 0.1) is 5.92 Å². The third-order valence-corrected chi connectivity index (χ3v) is 4.61. The van der Waals surface area contributed by atoms with Gasteiger partial charge in [-0.3, -0.25) is 9.48 Å². The summed E-state index contributed by atoms with van der Waals surface area (Å²) in [6, 6.07) is 18.7. The first-order chi connectivity index (χ1) is 13.1. The highest BCUT2D eigenvalue weighted by Crippen LogP contribution is 2.24. The molecule has 0 spiro atoms. The van der Waals surface area contributed by atoms with Gasteiger partial charge in [-0.1, -0.05) is 62.4 Å². The van der Waals surface area contributed by atoms with Gasteiger partial charge >= 0.3 is 0 Å². The number of aromatic nitrogens is 2. The highest BCUT2D eigenvalue weighted by atomic mass is 16.1. The summed E-state index contributed by atoms with van der Waals surface area (Å²) in [6.45, 7) is 5.60. The predicted octanol–water partition coefficient (Wildman–Crippen LogP) is 4.65. The molecule has 3 aromatic rings. The van der Waals surface area contributed by atoms with E-state index in [9.17, 15) is 4.79 Å². The van der Waals surface area contributed by atoms with Crippen LogP contribution in [-0.4, -0.2) is 15.7 Å². The van der Waals surface area contributed by atoms with Crippen LogP contribution in [0.2, 0.25) is 0 Å². The smallest absolute Gasteiger partial charge is 0.220 e.